The van der Waals surface area contributed by atoms with Gasteiger partial charge in [0.25, 0.3) is 0 Å². The van der Waals surface area contributed by atoms with Crippen LogP contribution in [0.2, 0.25) is 0 Å². The number of aromatic nitrogens is 1. The van der Waals surface area contributed by atoms with E-state index in [4.69, 9.17) is 0 Å². The summed E-state index contributed by atoms with van der Waals surface area (Å²) in [5.74, 6) is 1.12. The zero-order valence-electron chi connectivity index (χ0n) is 14.3. The number of benzene rings is 1. The third kappa shape index (κ3) is 3.33. The Hall–Kier alpha value is -1.46. The van der Waals surface area contributed by atoms with E-state index < -0.39 is 0 Å². The number of hydrogen-bond acceptors (Lipinski definition) is 4. The van der Waals surface area contributed by atoms with Crippen molar-refractivity contribution in [2.45, 2.75) is 64.0 Å². The highest BCUT2D eigenvalue weighted by Gasteiger charge is 2.34. The van der Waals surface area contributed by atoms with Crippen LogP contribution in [0, 0.1) is 5.92 Å². The van der Waals surface area contributed by atoms with Gasteiger partial charge in [-0.25, -0.2) is 4.98 Å². The van der Waals surface area contributed by atoms with Crippen molar-refractivity contribution in [2.75, 3.05) is 5.32 Å². The largest absolute Gasteiger partial charge is 0.326 e. The third-order valence-corrected chi connectivity index (χ3v) is 6.55. The van der Waals surface area contributed by atoms with Crippen LogP contribution < -0.4 is 10.6 Å². The Bertz CT molecular complexity index is 742. The van der Waals surface area contributed by atoms with E-state index in [-0.39, 0.29) is 5.91 Å². The number of piperidine rings is 1. The highest BCUT2D eigenvalue weighted by Crippen LogP contribution is 2.33. The molecule has 0 aliphatic carbocycles. The van der Waals surface area contributed by atoms with Crippen LogP contribution in [0.25, 0.3) is 10.2 Å². The molecule has 3 heterocycles. The minimum Gasteiger partial charge on any atom is -0.326 e. The molecule has 2 N–H and O–H groups in total. The summed E-state index contributed by atoms with van der Waals surface area (Å²) in [6.07, 6.45) is 5.50. The minimum absolute atomic E-state index is 0.147. The first-order chi connectivity index (χ1) is 11.6. The first-order valence-corrected chi connectivity index (χ1v) is 9.85. The molecule has 24 heavy (non-hydrogen) atoms. The maximum absolute atomic E-state index is 12.4. The molecular weight excluding hydrogens is 318 g/mol. The van der Waals surface area contributed by atoms with Gasteiger partial charge in [-0.05, 0) is 49.8 Å². The topological polar surface area (TPSA) is 54.0 Å². The second-order valence-electron chi connectivity index (χ2n) is 7.62. The zero-order valence-corrected chi connectivity index (χ0v) is 15.2. The van der Waals surface area contributed by atoms with E-state index in [1.807, 2.05) is 12.1 Å². The molecule has 2 aromatic rings. The average molecular weight is 343 g/mol. The van der Waals surface area contributed by atoms with Crippen LogP contribution in [0.15, 0.2) is 18.2 Å². The molecule has 5 heteroatoms. The van der Waals surface area contributed by atoms with Gasteiger partial charge in [0.1, 0.15) is 0 Å². The summed E-state index contributed by atoms with van der Waals surface area (Å²) >= 11 is 1.72. The van der Waals surface area contributed by atoms with Gasteiger partial charge in [-0.2, -0.15) is 0 Å². The Kier molecular flexibility index (Phi) is 4.31. The van der Waals surface area contributed by atoms with Gasteiger partial charge < -0.3 is 10.6 Å². The first-order valence-electron chi connectivity index (χ1n) is 9.03. The van der Waals surface area contributed by atoms with Crippen LogP contribution in [0.5, 0.6) is 0 Å². The number of carbonyl (C=O) groups is 1. The van der Waals surface area contributed by atoms with Crippen LogP contribution in [-0.2, 0) is 4.79 Å². The van der Waals surface area contributed by atoms with Crippen molar-refractivity contribution in [3.05, 3.63) is 23.2 Å². The Morgan fingerprint density at radius 1 is 1.33 bits per heavy atom. The quantitative estimate of drug-likeness (QED) is 0.871. The van der Waals surface area contributed by atoms with Gasteiger partial charge in [0.2, 0.25) is 5.91 Å². The SMILES string of the molecule is CC(C)c1nc2ccc(NC(=O)CC3CC4CCC(C3)N4)cc2s1. The van der Waals surface area contributed by atoms with Gasteiger partial charge in [0, 0.05) is 30.1 Å². The molecule has 2 bridgehead atoms. The molecule has 0 saturated carbocycles. The number of amides is 1. The van der Waals surface area contributed by atoms with E-state index >= 15 is 0 Å². The molecule has 1 aromatic heterocycles. The van der Waals surface area contributed by atoms with Crippen molar-refractivity contribution < 1.29 is 4.79 Å². The summed E-state index contributed by atoms with van der Waals surface area (Å²) in [6, 6.07) is 7.33. The molecule has 2 aliphatic rings. The minimum atomic E-state index is 0.147. The van der Waals surface area contributed by atoms with E-state index in [0.29, 0.717) is 30.3 Å². The zero-order chi connectivity index (χ0) is 16.7. The molecule has 1 amide bonds. The van der Waals surface area contributed by atoms with Gasteiger partial charge in [-0.15, -0.1) is 11.3 Å². The van der Waals surface area contributed by atoms with Gasteiger partial charge in [0.15, 0.2) is 0 Å². The van der Waals surface area contributed by atoms with E-state index in [2.05, 4.69) is 35.5 Å². The summed E-state index contributed by atoms with van der Waals surface area (Å²) in [5, 5.41) is 7.88. The Morgan fingerprint density at radius 2 is 2.08 bits per heavy atom. The number of nitrogens with one attached hydrogen (secondary N) is 2. The fourth-order valence-electron chi connectivity index (χ4n) is 4.08. The van der Waals surface area contributed by atoms with Crippen LogP contribution in [-0.4, -0.2) is 23.0 Å². The fraction of sp³-hybridized carbons (Fsp3) is 0.579. The molecule has 2 atom stereocenters. The smallest absolute Gasteiger partial charge is 0.224 e. The molecule has 0 radical (unpaired) electrons. The van der Waals surface area contributed by atoms with Gasteiger partial charge in [-0.3, -0.25) is 4.79 Å². The molecule has 2 aliphatic heterocycles. The summed E-state index contributed by atoms with van der Waals surface area (Å²) < 4.78 is 1.15. The number of rotatable bonds is 4. The number of fused-ring (bicyclic) bond motifs is 3. The normalized spacial score (nSPS) is 26.2. The highest BCUT2D eigenvalue weighted by atomic mass is 32.1. The predicted octanol–water partition coefficient (Wildman–Crippen LogP) is 4.28. The summed E-state index contributed by atoms with van der Waals surface area (Å²) in [4.78, 5) is 17.1. The van der Waals surface area contributed by atoms with Crippen LogP contribution in [0.4, 0.5) is 5.69 Å². The molecule has 0 spiro atoms. The maximum Gasteiger partial charge on any atom is 0.224 e. The van der Waals surface area contributed by atoms with E-state index in [9.17, 15) is 4.79 Å². The molecule has 4 nitrogen and oxygen atoms in total. The summed E-state index contributed by atoms with van der Waals surface area (Å²) in [6.45, 7) is 4.32. The van der Waals surface area contributed by atoms with Crippen molar-refractivity contribution in [3.8, 4) is 0 Å². The Balaban J connectivity index is 1.40. The highest BCUT2D eigenvalue weighted by molar-refractivity contribution is 7.18. The van der Waals surface area contributed by atoms with Crippen molar-refractivity contribution >= 4 is 33.1 Å². The average Bonchev–Trinajstić information content (AvgIpc) is 3.10. The molecule has 128 valence electrons. The monoisotopic (exact) mass is 343 g/mol. The standard InChI is InChI=1S/C19H25N3OS/c1-11(2)19-22-16-6-5-15(10-17(16)24-19)21-18(23)9-12-7-13-3-4-14(8-12)20-13/h5-6,10-14,20H,3-4,7-9H2,1-2H3,(H,21,23). The fourth-order valence-corrected chi connectivity index (χ4v) is 5.09. The lowest BCUT2D eigenvalue weighted by Gasteiger charge is -2.28. The van der Waals surface area contributed by atoms with Crippen LogP contribution in [0.1, 0.15) is 56.9 Å². The lowest BCUT2D eigenvalue weighted by atomic mass is 9.89. The molecule has 2 saturated heterocycles. The lowest BCUT2D eigenvalue weighted by molar-refractivity contribution is -0.117. The molecule has 2 unspecified atom stereocenters. The Labute approximate surface area is 147 Å². The second kappa shape index (κ2) is 6.45. The van der Waals surface area contributed by atoms with Gasteiger partial charge in [-0.1, -0.05) is 13.8 Å². The number of carbonyl (C=O) groups excluding carboxylic acids is 1. The number of anilines is 1. The lowest BCUT2D eigenvalue weighted by Crippen LogP contribution is -2.39. The van der Waals surface area contributed by atoms with E-state index in [0.717, 1.165) is 33.8 Å². The second-order valence-corrected chi connectivity index (χ2v) is 8.68. The summed E-state index contributed by atoms with van der Waals surface area (Å²) in [7, 11) is 0. The van der Waals surface area contributed by atoms with Gasteiger partial charge in [0.05, 0.1) is 15.2 Å². The van der Waals surface area contributed by atoms with Crippen molar-refractivity contribution in [1.29, 1.82) is 0 Å². The first kappa shape index (κ1) is 16.0. The van der Waals surface area contributed by atoms with Crippen molar-refractivity contribution in [2.24, 2.45) is 5.92 Å². The molecule has 1 aromatic carbocycles. The van der Waals surface area contributed by atoms with Crippen LogP contribution >= 0.6 is 11.3 Å². The van der Waals surface area contributed by atoms with Crippen LogP contribution in [0.3, 0.4) is 0 Å². The van der Waals surface area contributed by atoms with Crippen molar-refractivity contribution in [1.82, 2.24) is 10.3 Å². The van der Waals surface area contributed by atoms with E-state index in [1.54, 1.807) is 11.3 Å². The maximum atomic E-state index is 12.4. The summed E-state index contributed by atoms with van der Waals surface area (Å²) in [5.41, 5.74) is 1.92. The Morgan fingerprint density at radius 3 is 2.79 bits per heavy atom. The molecule has 2 fully saturated rings. The number of nitrogens with zero attached hydrogens (tertiary/aromatic N) is 1. The molecule has 4 rings (SSSR count). The van der Waals surface area contributed by atoms with Crippen molar-refractivity contribution in [3.63, 3.8) is 0 Å². The van der Waals surface area contributed by atoms with Gasteiger partial charge >= 0.3 is 0 Å². The third-order valence-electron chi connectivity index (χ3n) is 5.23. The molecular formula is C19H25N3OS. The number of hydrogen-bond donors (Lipinski definition) is 2. The predicted molar refractivity (Wildman–Crippen MR) is 99.6 cm³/mol. The number of thiazole rings is 1. The van der Waals surface area contributed by atoms with E-state index in [1.165, 1.54) is 12.8 Å².